The summed E-state index contributed by atoms with van der Waals surface area (Å²) in [6.45, 7) is 0.569. The molecule has 9 aromatic rings. The van der Waals surface area contributed by atoms with Crippen LogP contribution in [0.1, 0.15) is 61.2 Å². The molecule has 0 radical (unpaired) electrons. The molecule has 17 nitrogen and oxygen atoms in total. The third kappa shape index (κ3) is 14.5. The summed E-state index contributed by atoms with van der Waals surface area (Å²) in [5, 5.41) is 24.5. The normalized spacial score (nSPS) is 11.9. The van der Waals surface area contributed by atoms with Crippen molar-refractivity contribution in [3.8, 4) is 33.8 Å². The molecule has 0 aliphatic carbocycles. The van der Waals surface area contributed by atoms with Gasteiger partial charge in [0.2, 0.25) is 0 Å². The first-order chi connectivity index (χ1) is 39.3. The fraction of sp³-hybridized carbons (Fsp3) is 0.216. The van der Waals surface area contributed by atoms with Crippen LogP contribution in [0.15, 0.2) is 91.3 Å². The van der Waals surface area contributed by atoms with Crippen molar-refractivity contribution in [2.45, 2.75) is 31.4 Å². The van der Waals surface area contributed by atoms with E-state index in [-0.39, 0.29) is 78.0 Å². The number of nitrogens with one attached hydrogen (secondary N) is 3. The number of amides is 3. The molecule has 0 unspecified atom stereocenters. The molecular formula is C51H39Cl3F14N14O3. The Morgan fingerprint density at radius 1 is 0.459 bits per heavy atom. The third-order valence-electron chi connectivity index (χ3n) is 11.9. The van der Waals surface area contributed by atoms with Gasteiger partial charge in [0.1, 0.15) is 33.9 Å². The predicted octanol–water partition coefficient (Wildman–Crippen LogP) is 13.4. The average molecular weight is 1270 g/mol. The van der Waals surface area contributed by atoms with Gasteiger partial charge in [0.25, 0.3) is 23.6 Å². The highest BCUT2D eigenvalue weighted by atomic mass is 35.5. The van der Waals surface area contributed by atoms with Crippen LogP contribution in [0, 0.1) is 17.5 Å². The van der Waals surface area contributed by atoms with E-state index < -0.39 is 87.4 Å². The molecule has 6 heterocycles. The molecule has 3 amide bonds. The van der Waals surface area contributed by atoms with Gasteiger partial charge in [-0.05, 0) is 78.9 Å². The van der Waals surface area contributed by atoms with Crippen LogP contribution in [-0.4, -0.2) is 71.2 Å². The topological polar surface area (TPSA) is 181 Å². The number of hydrogen-bond donors (Lipinski definition) is 3. The highest BCUT2D eigenvalue weighted by Gasteiger charge is 2.38. The molecule has 3 N–H and O–H groups in total. The van der Waals surface area contributed by atoms with E-state index in [1.807, 2.05) is 0 Å². The SMILES string of the molecule is Cn1cc(Cl)c(C(=O)Nc2ccc(-c3cc(C(F)(F)F)nn3C)c(F)c2)n1.Cn1ccc(Cl)c1C(=O)Nc1ccc(-c2cc(C(F)(F)F)nn2C)c(F)c1.Cn1nc(C(F)(F)F)cc1-c1ccc(NC(=O)c2c(Cl)c(C(C)(F)F)nn2C)cc1F. The summed E-state index contributed by atoms with van der Waals surface area (Å²) in [5.74, 6) is -8.07. The fourth-order valence-electron chi connectivity index (χ4n) is 7.95. The number of carbonyl (C=O) groups is 3. The smallest absolute Gasteiger partial charge is 0.345 e. The van der Waals surface area contributed by atoms with Crippen molar-refractivity contribution in [2.24, 2.45) is 42.3 Å². The first-order valence-corrected chi connectivity index (χ1v) is 24.8. The zero-order valence-corrected chi connectivity index (χ0v) is 46.5. The Labute approximate surface area is 484 Å². The summed E-state index contributed by atoms with van der Waals surface area (Å²) in [7, 11) is 8.25. The van der Waals surface area contributed by atoms with Gasteiger partial charge in [0.15, 0.2) is 28.5 Å². The first kappa shape index (κ1) is 63.9. The van der Waals surface area contributed by atoms with Gasteiger partial charge < -0.3 is 20.5 Å². The summed E-state index contributed by atoms with van der Waals surface area (Å²) in [6.07, 6.45) is -10.9. The van der Waals surface area contributed by atoms with E-state index in [9.17, 15) is 75.8 Å². The van der Waals surface area contributed by atoms with Crippen molar-refractivity contribution >= 4 is 69.6 Å². The van der Waals surface area contributed by atoms with Gasteiger partial charge in [-0.2, -0.15) is 73.8 Å². The summed E-state index contributed by atoms with van der Waals surface area (Å²) < 4.78 is 192. The number of hydrogen-bond acceptors (Lipinski definition) is 8. The second kappa shape index (κ2) is 24.1. The Morgan fingerprint density at radius 2 is 0.824 bits per heavy atom. The van der Waals surface area contributed by atoms with Gasteiger partial charge in [-0.15, -0.1) is 0 Å². The molecule has 0 atom stereocenters. The second-order valence-electron chi connectivity index (χ2n) is 18.2. The second-order valence-corrected chi connectivity index (χ2v) is 19.4. The van der Waals surface area contributed by atoms with Crippen LogP contribution in [0.4, 0.5) is 78.5 Å². The van der Waals surface area contributed by atoms with E-state index in [4.69, 9.17) is 34.8 Å². The van der Waals surface area contributed by atoms with Gasteiger partial charge in [0, 0.05) is 95.4 Å². The quantitative estimate of drug-likeness (QED) is 0.113. The van der Waals surface area contributed by atoms with E-state index >= 15 is 0 Å². The highest BCUT2D eigenvalue weighted by Crippen LogP contribution is 2.38. The number of benzene rings is 3. The Morgan fingerprint density at radius 3 is 1.11 bits per heavy atom. The highest BCUT2D eigenvalue weighted by molar-refractivity contribution is 6.35. The molecule has 0 aliphatic heterocycles. The monoisotopic (exact) mass is 1270 g/mol. The zero-order chi connectivity index (χ0) is 63.2. The summed E-state index contributed by atoms with van der Waals surface area (Å²) in [5.41, 5.74) is -4.84. The van der Waals surface area contributed by atoms with Crippen LogP contribution in [-0.2, 0) is 66.7 Å². The molecule has 9 rings (SSSR count). The van der Waals surface area contributed by atoms with Gasteiger partial charge in [-0.3, -0.25) is 37.8 Å². The summed E-state index contributed by atoms with van der Waals surface area (Å²) in [4.78, 5) is 36.9. The minimum Gasteiger partial charge on any atom is -0.345 e. The molecule has 0 fully saturated rings. The van der Waals surface area contributed by atoms with Crippen LogP contribution in [0.5, 0.6) is 0 Å². The lowest BCUT2D eigenvalue weighted by atomic mass is 10.1. The summed E-state index contributed by atoms with van der Waals surface area (Å²) in [6, 6.07) is 14.3. The lowest BCUT2D eigenvalue weighted by Crippen LogP contribution is -2.16. The van der Waals surface area contributed by atoms with Crippen LogP contribution in [0.2, 0.25) is 15.1 Å². The number of halogens is 17. The maximum Gasteiger partial charge on any atom is 0.435 e. The number of nitrogens with zero attached hydrogens (tertiary/aromatic N) is 11. The Kier molecular flexibility index (Phi) is 18.1. The largest absolute Gasteiger partial charge is 0.435 e. The molecule has 450 valence electrons. The third-order valence-corrected chi connectivity index (χ3v) is 12.8. The standard InChI is InChI=1S/C18H14ClF6N5O.C17H13ClF4N4O.C16H12ClF4N5O/c1-17(21,22)15-13(19)14(30(3)28-15)16(31)26-8-4-5-9(10(20)6-8)11-7-12(18(23,24)25)27-29(11)2;1-25-6-5-11(18)15(25)16(27)23-9-3-4-10(12(19)7-9)13-8-14(17(20,21)22)24-26(13)2;1-25-7-10(17)14(24-25)15(27)22-8-3-4-9(11(18)5-8)12-6-13(16(19,20)21)23-26(12)2/h4-7H,1-3H3,(H,26,31);3-8H,1-2H3,(H,23,27);3-7H,1-2H3,(H,22,27). The van der Waals surface area contributed by atoms with E-state index in [2.05, 4.69) is 41.4 Å². The first-order valence-electron chi connectivity index (χ1n) is 23.6. The van der Waals surface area contributed by atoms with Crippen molar-refractivity contribution in [3.05, 3.63) is 164 Å². The van der Waals surface area contributed by atoms with Gasteiger partial charge in [-0.1, -0.05) is 34.8 Å². The van der Waals surface area contributed by atoms with Crippen molar-refractivity contribution in [3.63, 3.8) is 0 Å². The lowest BCUT2D eigenvalue weighted by molar-refractivity contribution is -0.142. The number of alkyl halides is 11. The Balaban J connectivity index is 0.000000183. The average Bonchev–Trinajstić information content (AvgIpc) is 4.25. The molecule has 0 saturated heterocycles. The zero-order valence-electron chi connectivity index (χ0n) is 44.2. The van der Waals surface area contributed by atoms with Crippen molar-refractivity contribution in [2.75, 3.05) is 16.0 Å². The molecule has 0 aliphatic rings. The van der Waals surface area contributed by atoms with E-state index in [0.29, 0.717) is 13.0 Å². The molecule has 0 spiro atoms. The van der Waals surface area contributed by atoms with Crippen molar-refractivity contribution in [1.82, 2.24) is 53.5 Å². The van der Waals surface area contributed by atoms with Crippen molar-refractivity contribution < 1.29 is 75.8 Å². The molecule has 3 aromatic carbocycles. The maximum absolute atomic E-state index is 14.6. The Hall–Kier alpha value is -8.71. The van der Waals surface area contributed by atoms with Gasteiger partial charge >= 0.3 is 18.5 Å². The number of rotatable bonds is 10. The van der Waals surface area contributed by atoms with Crippen LogP contribution >= 0.6 is 34.8 Å². The minimum atomic E-state index is -4.70. The molecular weight excluding hydrogens is 1230 g/mol. The van der Waals surface area contributed by atoms with Gasteiger partial charge in [0.05, 0.1) is 27.1 Å². The number of aryl methyl sites for hydroxylation is 6. The van der Waals surface area contributed by atoms with E-state index in [0.717, 1.165) is 55.1 Å². The number of aromatic nitrogens is 11. The molecule has 6 aromatic heterocycles. The van der Waals surface area contributed by atoms with E-state index in [1.165, 1.54) is 74.0 Å². The Bertz CT molecular complexity index is 4000. The van der Waals surface area contributed by atoms with Crippen LogP contribution in [0.3, 0.4) is 0 Å². The molecule has 34 heteroatoms. The van der Waals surface area contributed by atoms with Gasteiger partial charge in [-0.25, -0.2) is 13.2 Å². The minimum absolute atomic E-state index is 0.0369. The van der Waals surface area contributed by atoms with E-state index in [1.54, 1.807) is 26.4 Å². The predicted molar refractivity (Wildman–Crippen MR) is 281 cm³/mol. The maximum atomic E-state index is 14.6. The number of carbonyl (C=O) groups excluding carboxylic acids is 3. The number of anilines is 3. The molecule has 0 bridgehead atoms. The molecule has 85 heavy (non-hydrogen) atoms. The lowest BCUT2D eigenvalue weighted by Gasteiger charge is -2.09. The van der Waals surface area contributed by atoms with Crippen LogP contribution < -0.4 is 16.0 Å². The van der Waals surface area contributed by atoms with Crippen LogP contribution in [0.25, 0.3) is 33.8 Å². The fourth-order valence-corrected chi connectivity index (χ4v) is 8.90. The van der Waals surface area contributed by atoms with Crippen molar-refractivity contribution in [1.29, 1.82) is 0 Å². The summed E-state index contributed by atoms with van der Waals surface area (Å²) >= 11 is 17.7. The molecule has 0 saturated carbocycles.